The van der Waals surface area contributed by atoms with Crippen LogP contribution in [0.5, 0.6) is 17.2 Å². The number of hydrogen-bond acceptors (Lipinski definition) is 7. The van der Waals surface area contributed by atoms with Gasteiger partial charge in [-0.15, -0.1) is 0 Å². The van der Waals surface area contributed by atoms with Crippen molar-refractivity contribution in [1.82, 2.24) is 0 Å². The fourth-order valence-corrected chi connectivity index (χ4v) is 3.17. The Labute approximate surface area is 140 Å². The lowest BCUT2D eigenvalue weighted by Crippen LogP contribution is -2.22. The second kappa shape index (κ2) is 5.23. The van der Waals surface area contributed by atoms with Gasteiger partial charge in [-0.05, 0) is 17.5 Å². The summed E-state index contributed by atoms with van der Waals surface area (Å²) in [5.74, 6) is -0.638. The number of fused-ring (bicyclic) bond motifs is 5. The van der Waals surface area contributed by atoms with Crippen LogP contribution in [-0.2, 0) is 0 Å². The summed E-state index contributed by atoms with van der Waals surface area (Å²) in [6.07, 6.45) is 0. The van der Waals surface area contributed by atoms with Crippen molar-refractivity contribution in [3.05, 3.63) is 46.0 Å². The fraction of sp³-hybridized carbons (Fsp3) is 0.118. The minimum Gasteiger partial charge on any atom is -0.545 e. The van der Waals surface area contributed by atoms with Gasteiger partial charge in [-0.3, -0.25) is 10.1 Å². The number of methoxy groups -OCH3 is 1. The molecule has 0 N–H and O–H groups in total. The van der Waals surface area contributed by atoms with Gasteiger partial charge < -0.3 is 24.1 Å². The first-order chi connectivity index (χ1) is 12.0. The molecular formula is C17H10NO7-. The lowest BCUT2D eigenvalue weighted by Gasteiger charge is -2.14. The largest absolute Gasteiger partial charge is 0.545 e. The predicted octanol–water partition coefficient (Wildman–Crippen LogP) is 2.00. The number of benzene rings is 3. The number of carboxylic acid groups (broad SMARTS) is 1. The average Bonchev–Trinajstić information content (AvgIpc) is 3.07. The standard InChI is InChI=1S/C17H11NO7/c1-23-12-4-2-3-8-9(12)5-11(18(21)22)14-10(17(19)20)6-13-16(15(8)14)25-7-24-13/h2-6H,7H2,1H3,(H,19,20)/p-1. The van der Waals surface area contributed by atoms with E-state index in [0.29, 0.717) is 16.5 Å². The average molecular weight is 340 g/mol. The molecule has 4 rings (SSSR count). The van der Waals surface area contributed by atoms with Crippen molar-refractivity contribution in [3.8, 4) is 17.2 Å². The lowest BCUT2D eigenvalue weighted by molar-refractivity contribution is -0.383. The zero-order valence-electron chi connectivity index (χ0n) is 12.9. The van der Waals surface area contributed by atoms with E-state index in [4.69, 9.17) is 14.2 Å². The molecular weight excluding hydrogens is 330 g/mol. The first-order valence-corrected chi connectivity index (χ1v) is 7.24. The third kappa shape index (κ3) is 2.04. The highest BCUT2D eigenvalue weighted by Crippen LogP contribution is 2.48. The maximum absolute atomic E-state index is 11.6. The van der Waals surface area contributed by atoms with Gasteiger partial charge in [-0.25, -0.2) is 0 Å². The number of rotatable bonds is 3. The van der Waals surface area contributed by atoms with Crippen LogP contribution in [0.1, 0.15) is 10.4 Å². The molecule has 0 spiro atoms. The maximum Gasteiger partial charge on any atom is 0.278 e. The zero-order valence-corrected chi connectivity index (χ0v) is 12.9. The maximum atomic E-state index is 11.6. The molecule has 8 nitrogen and oxygen atoms in total. The van der Waals surface area contributed by atoms with Crippen molar-refractivity contribution in [2.24, 2.45) is 0 Å². The second-order valence-corrected chi connectivity index (χ2v) is 5.40. The summed E-state index contributed by atoms with van der Waals surface area (Å²) < 4.78 is 16.0. The smallest absolute Gasteiger partial charge is 0.278 e. The molecule has 3 aromatic carbocycles. The number of nitrogens with zero attached hydrogens (tertiary/aromatic N) is 1. The molecule has 0 atom stereocenters. The molecule has 0 fully saturated rings. The van der Waals surface area contributed by atoms with Gasteiger partial charge in [0, 0.05) is 22.4 Å². The molecule has 1 heterocycles. The Kier molecular flexibility index (Phi) is 3.14. The molecule has 1 aliphatic heterocycles. The summed E-state index contributed by atoms with van der Waals surface area (Å²) in [6.45, 7) is -0.102. The first-order valence-electron chi connectivity index (χ1n) is 7.24. The molecule has 1 aliphatic rings. The van der Waals surface area contributed by atoms with Crippen LogP contribution >= 0.6 is 0 Å². The van der Waals surface area contributed by atoms with E-state index in [1.54, 1.807) is 18.2 Å². The molecule has 0 aliphatic carbocycles. The summed E-state index contributed by atoms with van der Waals surface area (Å²) in [7, 11) is 1.45. The number of ether oxygens (including phenoxy) is 3. The Hall–Kier alpha value is -3.55. The van der Waals surface area contributed by atoms with Crippen molar-refractivity contribution < 1.29 is 29.0 Å². The van der Waals surface area contributed by atoms with Gasteiger partial charge in [0.05, 0.1) is 23.4 Å². The normalized spacial score (nSPS) is 12.5. The van der Waals surface area contributed by atoms with Crippen LogP contribution in [-0.4, -0.2) is 24.8 Å². The molecule has 0 saturated heterocycles. The van der Waals surface area contributed by atoms with E-state index >= 15 is 0 Å². The van der Waals surface area contributed by atoms with E-state index < -0.39 is 10.9 Å². The van der Waals surface area contributed by atoms with Crippen LogP contribution in [0.4, 0.5) is 5.69 Å². The van der Waals surface area contributed by atoms with E-state index in [-0.39, 0.29) is 40.3 Å². The summed E-state index contributed by atoms with van der Waals surface area (Å²) >= 11 is 0. The number of nitro benzene ring substituents is 1. The summed E-state index contributed by atoms with van der Waals surface area (Å²) in [5.41, 5.74) is -0.694. The number of carbonyl (C=O) groups excluding carboxylic acids is 1. The van der Waals surface area contributed by atoms with Crippen LogP contribution in [0, 0.1) is 10.1 Å². The van der Waals surface area contributed by atoms with Crippen LogP contribution in [0.2, 0.25) is 0 Å². The van der Waals surface area contributed by atoms with Gasteiger partial charge in [0.2, 0.25) is 6.79 Å². The molecule has 8 heteroatoms. The number of carboxylic acids is 1. The second-order valence-electron chi connectivity index (χ2n) is 5.40. The first kappa shape index (κ1) is 15.0. The zero-order chi connectivity index (χ0) is 17.7. The molecule has 0 bridgehead atoms. The summed E-state index contributed by atoms with van der Waals surface area (Å²) in [5, 5.41) is 24.5. The molecule has 0 unspecified atom stereocenters. The Balaban J connectivity index is 2.34. The summed E-state index contributed by atoms with van der Waals surface area (Å²) in [6, 6.07) is 7.58. The quantitative estimate of drug-likeness (QED) is 0.407. The van der Waals surface area contributed by atoms with Gasteiger partial charge in [-0.2, -0.15) is 0 Å². The van der Waals surface area contributed by atoms with E-state index in [1.165, 1.54) is 19.2 Å². The minimum absolute atomic E-state index is 0.0602. The topological polar surface area (TPSA) is 111 Å². The Morgan fingerprint density at radius 2 is 2.00 bits per heavy atom. The predicted molar refractivity (Wildman–Crippen MR) is 85.1 cm³/mol. The number of nitro groups is 1. The Morgan fingerprint density at radius 3 is 2.68 bits per heavy atom. The van der Waals surface area contributed by atoms with Crippen molar-refractivity contribution >= 4 is 33.2 Å². The van der Waals surface area contributed by atoms with Gasteiger partial charge in [0.1, 0.15) is 5.75 Å². The van der Waals surface area contributed by atoms with Crippen molar-refractivity contribution in [3.63, 3.8) is 0 Å². The van der Waals surface area contributed by atoms with E-state index in [9.17, 15) is 20.0 Å². The Morgan fingerprint density at radius 1 is 1.20 bits per heavy atom. The molecule has 25 heavy (non-hydrogen) atoms. The number of aromatic carboxylic acids is 1. The SMILES string of the molecule is COc1cccc2c1cc([N+](=O)[O-])c1c(C(=O)[O-])cc3c(c12)OCO3. The highest BCUT2D eigenvalue weighted by atomic mass is 16.7. The molecule has 0 amide bonds. The summed E-state index contributed by atoms with van der Waals surface area (Å²) in [4.78, 5) is 22.6. The van der Waals surface area contributed by atoms with Crippen LogP contribution in [0.15, 0.2) is 30.3 Å². The van der Waals surface area contributed by atoms with E-state index in [1.807, 2.05) is 0 Å². The third-order valence-corrected chi connectivity index (χ3v) is 4.17. The molecule has 0 saturated carbocycles. The van der Waals surface area contributed by atoms with Crippen LogP contribution in [0.25, 0.3) is 21.5 Å². The van der Waals surface area contributed by atoms with Gasteiger partial charge in [0.15, 0.2) is 11.5 Å². The molecule has 0 aromatic heterocycles. The monoisotopic (exact) mass is 340 g/mol. The van der Waals surface area contributed by atoms with Crippen LogP contribution < -0.4 is 19.3 Å². The van der Waals surface area contributed by atoms with Crippen molar-refractivity contribution in [2.75, 3.05) is 13.9 Å². The van der Waals surface area contributed by atoms with Gasteiger partial charge in [-0.1, -0.05) is 12.1 Å². The van der Waals surface area contributed by atoms with Crippen LogP contribution in [0.3, 0.4) is 0 Å². The number of hydrogen-bond donors (Lipinski definition) is 0. The molecule has 3 aromatic rings. The minimum atomic E-state index is -1.53. The van der Waals surface area contributed by atoms with Gasteiger partial charge >= 0.3 is 0 Å². The fourth-order valence-electron chi connectivity index (χ4n) is 3.17. The lowest BCUT2D eigenvalue weighted by atomic mass is 9.95. The van der Waals surface area contributed by atoms with Gasteiger partial charge in [0.25, 0.3) is 5.69 Å². The van der Waals surface area contributed by atoms with E-state index in [2.05, 4.69) is 0 Å². The third-order valence-electron chi connectivity index (χ3n) is 4.17. The van der Waals surface area contributed by atoms with Crippen molar-refractivity contribution in [2.45, 2.75) is 0 Å². The molecule has 0 radical (unpaired) electrons. The van der Waals surface area contributed by atoms with E-state index in [0.717, 1.165) is 0 Å². The number of non-ortho nitro benzene ring substituents is 1. The number of carbonyl (C=O) groups is 1. The van der Waals surface area contributed by atoms with Crippen molar-refractivity contribution in [1.29, 1.82) is 0 Å². The highest BCUT2D eigenvalue weighted by Gasteiger charge is 2.28. The molecule has 126 valence electrons. The Bertz CT molecular complexity index is 1070. The highest BCUT2D eigenvalue weighted by molar-refractivity contribution is 6.21.